The molecule has 0 amide bonds. The van der Waals surface area contributed by atoms with Gasteiger partial charge in [-0.25, -0.2) is 0 Å². The van der Waals surface area contributed by atoms with E-state index in [1.165, 1.54) is 36.0 Å². The zero-order valence-corrected chi connectivity index (χ0v) is 12.2. The largest absolute Gasteiger partial charge is 0.360 e. The van der Waals surface area contributed by atoms with Gasteiger partial charge in [0.25, 0.3) is 0 Å². The Balaban J connectivity index is 2.05. The normalized spacial score (nSPS) is 13.7. The smallest absolute Gasteiger partial charge is 0.164 e. The van der Waals surface area contributed by atoms with Crippen LogP contribution in [0, 0.1) is 0 Å². The predicted octanol–water partition coefficient (Wildman–Crippen LogP) is 3.39. The van der Waals surface area contributed by atoms with Gasteiger partial charge in [-0.3, -0.25) is 5.10 Å². The van der Waals surface area contributed by atoms with Gasteiger partial charge in [-0.2, -0.15) is 5.10 Å². The van der Waals surface area contributed by atoms with Crippen molar-refractivity contribution in [1.82, 2.24) is 10.2 Å². The fourth-order valence-electron chi connectivity index (χ4n) is 2.53. The van der Waals surface area contributed by atoms with E-state index in [9.17, 15) is 0 Å². The minimum Gasteiger partial charge on any atom is -0.360 e. The number of H-pyrrole nitrogens is 1. The van der Waals surface area contributed by atoms with E-state index >= 15 is 0 Å². The molecule has 3 nitrogen and oxygen atoms in total. The van der Waals surface area contributed by atoms with Crippen LogP contribution < -0.4 is 4.90 Å². The molecular weight excluding hydrogens is 290 g/mol. The minimum atomic E-state index is 0.936. The van der Waals surface area contributed by atoms with Gasteiger partial charge in [0.2, 0.25) is 0 Å². The van der Waals surface area contributed by atoms with E-state index in [-0.39, 0.29) is 0 Å². The van der Waals surface area contributed by atoms with Crippen molar-refractivity contribution in [3.05, 3.63) is 33.8 Å². The van der Waals surface area contributed by atoms with Gasteiger partial charge in [-0.15, -0.1) is 0 Å². The summed E-state index contributed by atoms with van der Waals surface area (Å²) < 4.78 is 1.03. The number of hydrogen-bond acceptors (Lipinski definition) is 2. The highest BCUT2D eigenvalue weighted by Crippen LogP contribution is 2.35. The summed E-state index contributed by atoms with van der Waals surface area (Å²) in [6.45, 7) is 0. The molecule has 0 bridgehead atoms. The van der Waals surface area contributed by atoms with Crippen LogP contribution >= 0.6 is 15.9 Å². The number of rotatable bonds is 2. The molecule has 0 unspecified atom stereocenters. The van der Waals surface area contributed by atoms with Crippen molar-refractivity contribution in [3.63, 3.8) is 0 Å². The molecule has 0 saturated carbocycles. The highest BCUT2D eigenvalue weighted by atomic mass is 79.9. The first-order valence-corrected chi connectivity index (χ1v) is 6.99. The van der Waals surface area contributed by atoms with Gasteiger partial charge in [0, 0.05) is 19.7 Å². The third-order valence-electron chi connectivity index (χ3n) is 3.50. The quantitative estimate of drug-likeness (QED) is 0.922. The first-order valence-electron chi connectivity index (χ1n) is 6.20. The van der Waals surface area contributed by atoms with Crippen molar-refractivity contribution in [1.29, 1.82) is 0 Å². The van der Waals surface area contributed by atoms with Crippen LogP contribution in [0.25, 0.3) is 11.3 Å². The van der Waals surface area contributed by atoms with Crippen LogP contribution in [-0.2, 0) is 12.8 Å². The van der Waals surface area contributed by atoms with Crippen molar-refractivity contribution in [2.75, 3.05) is 19.0 Å². The lowest BCUT2D eigenvalue weighted by molar-refractivity contribution is 0.912. The number of aryl methyl sites for hydroxylation is 2. The Bertz CT molecular complexity index is 587. The highest BCUT2D eigenvalue weighted by Gasteiger charge is 2.16. The molecular formula is C14H16BrN3. The van der Waals surface area contributed by atoms with Gasteiger partial charge < -0.3 is 4.90 Å². The first-order chi connectivity index (χ1) is 8.66. The molecule has 94 valence electrons. The number of aromatic amines is 1. The molecule has 1 N–H and O–H groups in total. The molecule has 0 radical (unpaired) electrons. The molecule has 1 aliphatic carbocycles. The van der Waals surface area contributed by atoms with Crippen LogP contribution in [0.4, 0.5) is 5.82 Å². The lowest BCUT2D eigenvalue weighted by Crippen LogP contribution is -2.09. The number of nitrogens with zero attached hydrogens (tertiary/aromatic N) is 2. The molecule has 1 aromatic carbocycles. The number of anilines is 1. The molecule has 2 aromatic rings. The molecule has 0 aliphatic heterocycles. The first kappa shape index (κ1) is 11.8. The highest BCUT2D eigenvalue weighted by molar-refractivity contribution is 9.10. The Kier molecular flexibility index (Phi) is 2.90. The van der Waals surface area contributed by atoms with E-state index in [0.29, 0.717) is 0 Å². The van der Waals surface area contributed by atoms with Crippen molar-refractivity contribution < 1.29 is 0 Å². The summed E-state index contributed by atoms with van der Waals surface area (Å²) in [6.07, 6.45) is 3.71. The lowest BCUT2D eigenvalue weighted by Gasteiger charge is -2.08. The SMILES string of the molecule is CN(C)c1n[nH]c(-c2ccc3c(c2)CCC3)c1Br. The predicted molar refractivity (Wildman–Crippen MR) is 78.1 cm³/mol. The van der Waals surface area contributed by atoms with Crippen LogP contribution in [-0.4, -0.2) is 24.3 Å². The molecule has 1 aliphatic rings. The van der Waals surface area contributed by atoms with E-state index in [4.69, 9.17) is 0 Å². The molecule has 1 heterocycles. The van der Waals surface area contributed by atoms with E-state index in [1.54, 1.807) is 0 Å². The second-order valence-corrected chi connectivity index (χ2v) is 5.76. The average molecular weight is 306 g/mol. The Morgan fingerprint density at radius 2 is 2.00 bits per heavy atom. The Labute approximate surface area is 115 Å². The maximum absolute atomic E-state index is 4.34. The zero-order valence-electron chi connectivity index (χ0n) is 10.6. The maximum Gasteiger partial charge on any atom is 0.164 e. The minimum absolute atomic E-state index is 0.936. The van der Waals surface area contributed by atoms with E-state index < -0.39 is 0 Å². The van der Waals surface area contributed by atoms with Gasteiger partial charge in [0.05, 0.1) is 10.2 Å². The van der Waals surface area contributed by atoms with Gasteiger partial charge in [0.1, 0.15) is 0 Å². The van der Waals surface area contributed by atoms with Crippen LogP contribution in [0.1, 0.15) is 17.5 Å². The van der Waals surface area contributed by atoms with Crippen LogP contribution in [0.15, 0.2) is 22.7 Å². The second kappa shape index (κ2) is 4.43. The molecule has 0 spiro atoms. The molecule has 0 fully saturated rings. The molecule has 18 heavy (non-hydrogen) atoms. The summed E-state index contributed by atoms with van der Waals surface area (Å²) in [5.41, 5.74) is 5.26. The third kappa shape index (κ3) is 1.85. The number of fused-ring (bicyclic) bond motifs is 1. The van der Waals surface area contributed by atoms with Crippen molar-refractivity contribution in [2.24, 2.45) is 0 Å². The molecule has 4 heteroatoms. The summed E-state index contributed by atoms with van der Waals surface area (Å²) in [5.74, 6) is 0.936. The number of nitrogens with one attached hydrogen (secondary N) is 1. The standard InChI is InChI=1S/C14H16BrN3/c1-18(2)14-12(15)13(16-17-14)11-7-6-9-4-3-5-10(9)8-11/h6-8H,3-5H2,1-2H3,(H,16,17). The van der Waals surface area contributed by atoms with Gasteiger partial charge >= 0.3 is 0 Å². The number of halogens is 1. The van der Waals surface area contributed by atoms with Crippen LogP contribution in [0.5, 0.6) is 0 Å². The monoisotopic (exact) mass is 305 g/mol. The summed E-state index contributed by atoms with van der Waals surface area (Å²) in [4.78, 5) is 2.00. The van der Waals surface area contributed by atoms with E-state index in [2.05, 4.69) is 44.3 Å². The summed E-state index contributed by atoms with van der Waals surface area (Å²) in [7, 11) is 3.99. The maximum atomic E-state index is 4.34. The number of hydrogen-bond donors (Lipinski definition) is 1. The Morgan fingerprint density at radius 1 is 1.22 bits per heavy atom. The second-order valence-electron chi connectivity index (χ2n) is 4.97. The van der Waals surface area contributed by atoms with Crippen molar-refractivity contribution in [2.45, 2.75) is 19.3 Å². The fraction of sp³-hybridized carbons (Fsp3) is 0.357. The molecule has 0 atom stereocenters. The molecule has 1 aromatic heterocycles. The molecule has 3 rings (SSSR count). The van der Waals surface area contributed by atoms with E-state index in [1.807, 2.05) is 19.0 Å². The zero-order chi connectivity index (χ0) is 12.7. The average Bonchev–Trinajstić information content (AvgIpc) is 2.93. The van der Waals surface area contributed by atoms with Crippen LogP contribution in [0.3, 0.4) is 0 Å². The Morgan fingerprint density at radius 3 is 2.72 bits per heavy atom. The van der Waals surface area contributed by atoms with Crippen LogP contribution in [0.2, 0.25) is 0 Å². The van der Waals surface area contributed by atoms with Gasteiger partial charge in [0.15, 0.2) is 5.82 Å². The van der Waals surface area contributed by atoms with Gasteiger partial charge in [-0.1, -0.05) is 12.1 Å². The lowest BCUT2D eigenvalue weighted by atomic mass is 10.0. The summed E-state index contributed by atoms with van der Waals surface area (Å²) >= 11 is 3.63. The van der Waals surface area contributed by atoms with Crippen molar-refractivity contribution in [3.8, 4) is 11.3 Å². The summed E-state index contributed by atoms with van der Waals surface area (Å²) in [5, 5.41) is 7.46. The van der Waals surface area contributed by atoms with Crippen molar-refractivity contribution >= 4 is 21.7 Å². The summed E-state index contributed by atoms with van der Waals surface area (Å²) in [6, 6.07) is 6.72. The Hall–Kier alpha value is -1.29. The van der Waals surface area contributed by atoms with E-state index in [0.717, 1.165) is 16.0 Å². The molecule has 0 saturated heterocycles. The topological polar surface area (TPSA) is 31.9 Å². The number of benzene rings is 1. The van der Waals surface area contributed by atoms with Gasteiger partial charge in [-0.05, 0) is 52.4 Å². The number of aromatic nitrogens is 2. The fourth-order valence-corrected chi connectivity index (χ4v) is 3.29. The third-order valence-corrected chi connectivity index (χ3v) is 4.25.